The number of hydrogen-bond donors (Lipinski definition) is 1. The van der Waals surface area contributed by atoms with Crippen molar-refractivity contribution in [3.8, 4) is 0 Å². The average Bonchev–Trinajstić information content (AvgIpc) is 2.56. The van der Waals surface area contributed by atoms with Crippen LogP contribution in [0, 0.1) is 0 Å². The maximum Gasteiger partial charge on any atom is 0.372 e. The van der Waals surface area contributed by atoms with E-state index in [2.05, 4.69) is 4.98 Å². The number of fused-ring (bicyclic) bond motifs is 1. The molecule has 82 valence electrons. The zero-order chi connectivity index (χ0) is 11.0. The monoisotopic (exact) mass is 210 g/mol. The van der Waals surface area contributed by atoms with Crippen molar-refractivity contribution in [3.63, 3.8) is 0 Å². The maximum absolute atomic E-state index is 11.0. The number of ether oxygens (including phenoxy) is 1. The molecule has 0 atom stereocenters. The number of aromatic carboxylic acids is 1. The highest BCUT2D eigenvalue weighted by atomic mass is 16.5. The zero-order valence-electron chi connectivity index (χ0n) is 8.86. The molecular formula is C10H14N2O3. The highest BCUT2D eigenvalue weighted by Gasteiger charge is 2.24. The lowest BCUT2D eigenvalue weighted by atomic mass is 10.2. The number of carbonyl (C=O) groups is 1. The summed E-state index contributed by atoms with van der Waals surface area (Å²) in [7, 11) is 0. The Morgan fingerprint density at radius 2 is 2.33 bits per heavy atom. The van der Waals surface area contributed by atoms with Crippen molar-refractivity contribution < 1.29 is 14.6 Å². The van der Waals surface area contributed by atoms with Crippen LogP contribution in [0.25, 0.3) is 0 Å². The predicted octanol–water partition coefficient (Wildman–Crippen LogP) is 1.23. The van der Waals surface area contributed by atoms with E-state index in [0.717, 1.165) is 17.8 Å². The maximum atomic E-state index is 11.0. The number of carboxylic acids is 1. The molecule has 0 saturated carbocycles. The SMILES string of the molecule is CC(C)n1c(C(=O)O)nc2c1CCOC2. The molecule has 0 aromatic carbocycles. The van der Waals surface area contributed by atoms with Crippen LogP contribution in [0.1, 0.15) is 41.9 Å². The number of hydrogen-bond acceptors (Lipinski definition) is 3. The summed E-state index contributed by atoms with van der Waals surface area (Å²) in [5, 5.41) is 9.04. The van der Waals surface area contributed by atoms with Gasteiger partial charge in [-0.2, -0.15) is 0 Å². The van der Waals surface area contributed by atoms with Crippen LogP contribution in [0.5, 0.6) is 0 Å². The van der Waals surface area contributed by atoms with Gasteiger partial charge in [0.25, 0.3) is 0 Å². The van der Waals surface area contributed by atoms with E-state index in [1.165, 1.54) is 0 Å². The summed E-state index contributed by atoms with van der Waals surface area (Å²) in [6.45, 7) is 4.99. The third-order valence-electron chi connectivity index (χ3n) is 2.52. The normalized spacial score (nSPS) is 15.4. The van der Waals surface area contributed by atoms with Crippen molar-refractivity contribution in [1.29, 1.82) is 0 Å². The van der Waals surface area contributed by atoms with Gasteiger partial charge in [0.15, 0.2) is 0 Å². The molecule has 1 aromatic rings. The van der Waals surface area contributed by atoms with Crippen LogP contribution in [0.3, 0.4) is 0 Å². The van der Waals surface area contributed by atoms with E-state index < -0.39 is 5.97 Å². The van der Waals surface area contributed by atoms with E-state index in [0.29, 0.717) is 13.2 Å². The van der Waals surface area contributed by atoms with Crippen LogP contribution >= 0.6 is 0 Å². The second-order valence-corrected chi connectivity index (χ2v) is 3.90. The molecule has 0 amide bonds. The van der Waals surface area contributed by atoms with Crippen molar-refractivity contribution in [1.82, 2.24) is 9.55 Å². The summed E-state index contributed by atoms with van der Waals surface area (Å²) in [5.41, 5.74) is 1.78. The van der Waals surface area contributed by atoms with Crippen molar-refractivity contribution in [3.05, 3.63) is 17.2 Å². The fraction of sp³-hybridized carbons (Fsp3) is 0.600. The molecule has 2 rings (SSSR count). The number of imidazole rings is 1. The molecule has 1 aromatic heterocycles. The topological polar surface area (TPSA) is 64.4 Å². The number of aromatic nitrogens is 2. The molecular weight excluding hydrogens is 196 g/mol. The first kappa shape index (κ1) is 10.2. The van der Waals surface area contributed by atoms with Gasteiger partial charge in [-0.1, -0.05) is 0 Å². The van der Waals surface area contributed by atoms with Crippen molar-refractivity contribution in [2.75, 3.05) is 6.61 Å². The van der Waals surface area contributed by atoms with E-state index in [1.807, 2.05) is 13.8 Å². The van der Waals surface area contributed by atoms with Crippen LogP contribution in [0.2, 0.25) is 0 Å². The van der Waals surface area contributed by atoms with Crippen molar-refractivity contribution in [2.24, 2.45) is 0 Å². The van der Waals surface area contributed by atoms with Gasteiger partial charge < -0.3 is 14.4 Å². The third kappa shape index (κ3) is 1.63. The first-order chi connectivity index (χ1) is 7.11. The summed E-state index contributed by atoms with van der Waals surface area (Å²) >= 11 is 0. The zero-order valence-corrected chi connectivity index (χ0v) is 8.86. The van der Waals surface area contributed by atoms with Gasteiger partial charge >= 0.3 is 5.97 Å². The first-order valence-electron chi connectivity index (χ1n) is 5.02. The molecule has 0 fully saturated rings. The molecule has 0 radical (unpaired) electrons. The highest BCUT2D eigenvalue weighted by molar-refractivity contribution is 5.84. The Balaban J connectivity index is 2.56. The van der Waals surface area contributed by atoms with E-state index in [9.17, 15) is 4.79 Å². The van der Waals surface area contributed by atoms with Crippen molar-refractivity contribution in [2.45, 2.75) is 32.9 Å². The van der Waals surface area contributed by atoms with Gasteiger partial charge in [-0.25, -0.2) is 9.78 Å². The molecule has 1 aliphatic rings. The van der Waals surface area contributed by atoms with Gasteiger partial charge in [0, 0.05) is 18.2 Å². The predicted molar refractivity (Wildman–Crippen MR) is 52.9 cm³/mol. The van der Waals surface area contributed by atoms with Crippen molar-refractivity contribution >= 4 is 5.97 Å². The lowest BCUT2D eigenvalue weighted by molar-refractivity contribution is 0.0676. The van der Waals surface area contributed by atoms with Crippen LogP contribution in [0.4, 0.5) is 0 Å². The van der Waals surface area contributed by atoms with Crippen LogP contribution in [-0.2, 0) is 17.8 Å². The van der Waals surface area contributed by atoms with E-state index in [4.69, 9.17) is 9.84 Å². The van der Waals surface area contributed by atoms with Gasteiger partial charge in [0.2, 0.25) is 5.82 Å². The fourth-order valence-corrected chi connectivity index (χ4v) is 1.94. The van der Waals surface area contributed by atoms with Crippen LogP contribution in [-0.4, -0.2) is 27.2 Å². The Bertz CT molecular complexity index is 396. The van der Waals surface area contributed by atoms with Crippen LogP contribution < -0.4 is 0 Å². The molecule has 2 heterocycles. The lowest BCUT2D eigenvalue weighted by Crippen LogP contribution is -2.17. The molecule has 15 heavy (non-hydrogen) atoms. The largest absolute Gasteiger partial charge is 0.475 e. The summed E-state index contributed by atoms with van der Waals surface area (Å²) in [6.07, 6.45) is 0.744. The minimum absolute atomic E-state index is 0.116. The van der Waals surface area contributed by atoms with Gasteiger partial charge in [0.1, 0.15) is 0 Å². The van der Waals surface area contributed by atoms with E-state index in [1.54, 1.807) is 4.57 Å². The van der Waals surface area contributed by atoms with Gasteiger partial charge in [-0.05, 0) is 13.8 Å². The minimum Gasteiger partial charge on any atom is -0.475 e. The smallest absolute Gasteiger partial charge is 0.372 e. The summed E-state index contributed by atoms with van der Waals surface area (Å²) in [4.78, 5) is 15.1. The molecule has 0 spiro atoms. The molecule has 0 bridgehead atoms. The number of rotatable bonds is 2. The molecule has 5 nitrogen and oxygen atoms in total. The summed E-state index contributed by atoms with van der Waals surface area (Å²) < 4.78 is 7.05. The Morgan fingerprint density at radius 3 is 2.93 bits per heavy atom. The van der Waals surface area contributed by atoms with Gasteiger partial charge in [-0.15, -0.1) is 0 Å². The Morgan fingerprint density at radius 1 is 1.60 bits per heavy atom. The van der Waals surface area contributed by atoms with E-state index in [-0.39, 0.29) is 11.9 Å². The molecule has 1 N–H and O–H groups in total. The van der Waals surface area contributed by atoms with Gasteiger partial charge in [-0.3, -0.25) is 0 Å². The third-order valence-corrected chi connectivity index (χ3v) is 2.52. The molecule has 0 aliphatic carbocycles. The fourth-order valence-electron chi connectivity index (χ4n) is 1.94. The van der Waals surface area contributed by atoms with Gasteiger partial charge in [0.05, 0.1) is 18.9 Å². The summed E-state index contributed by atoms with van der Waals surface area (Å²) in [6, 6.07) is 0.116. The Hall–Kier alpha value is -1.36. The molecule has 0 saturated heterocycles. The Labute approximate surface area is 87.7 Å². The first-order valence-corrected chi connectivity index (χ1v) is 5.02. The van der Waals surface area contributed by atoms with Crippen LogP contribution in [0.15, 0.2) is 0 Å². The molecule has 1 aliphatic heterocycles. The highest BCUT2D eigenvalue weighted by Crippen LogP contribution is 2.22. The summed E-state index contributed by atoms with van der Waals surface area (Å²) in [5.74, 6) is -0.849. The second kappa shape index (κ2) is 3.66. The minimum atomic E-state index is -0.974. The number of nitrogens with zero attached hydrogens (tertiary/aromatic N) is 2. The standard InChI is InChI=1S/C10H14N2O3/c1-6(2)12-8-3-4-15-5-7(8)11-9(12)10(13)14/h6H,3-5H2,1-2H3,(H,13,14). The molecule has 0 unspecified atom stereocenters. The quantitative estimate of drug-likeness (QED) is 0.797. The number of carboxylic acid groups (broad SMARTS) is 1. The molecule has 5 heteroatoms. The average molecular weight is 210 g/mol. The van der Waals surface area contributed by atoms with E-state index >= 15 is 0 Å². The lowest BCUT2D eigenvalue weighted by Gasteiger charge is -2.17. The Kier molecular flexibility index (Phi) is 2.48. The second-order valence-electron chi connectivity index (χ2n) is 3.90.